The molecule has 1 aliphatic heterocycles. The van der Waals surface area contributed by atoms with Crippen LogP contribution in [0.4, 0.5) is 0 Å². The molecule has 0 saturated carbocycles. The Morgan fingerprint density at radius 1 is 1.12 bits per heavy atom. The van der Waals surface area contributed by atoms with Crippen LogP contribution in [0.3, 0.4) is 0 Å². The predicted molar refractivity (Wildman–Crippen MR) is 103 cm³/mol. The topological polar surface area (TPSA) is 41.6 Å². The maximum absolute atomic E-state index is 12.4. The molecule has 1 fully saturated rings. The van der Waals surface area contributed by atoms with E-state index in [9.17, 15) is 4.79 Å². The lowest BCUT2D eigenvalue weighted by Gasteiger charge is -2.35. The van der Waals surface area contributed by atoms with Gasteiger partial charge in [0, 0.05) is 25.2 Å². The average molecular weight is 347 g/mol. The van der Waals surface area contributed by atoms with Gasteiger partial charge in [-0.05, 0) is 56.7 Å². The quantitative estimate of drug-likeness (QED) is 0.883. The molecule has 4 nitrogen and oxygen atoms in total. The van der Waals surface area contributed by atoms with Crippen molar-refractivity contribution in [3.05, 3.63) is 29.8 Å². The Hall–Kier alpha value is -1.55. The smallest absolute Gasteiger partial charge is 0.260 e. The van der Waals surface area contributed by atoms with Gasteiger partial charge in [-0.3, -0.25) is 4.79 Å². The van der Waals surface area contributed by atoms with E-state index in [1.54, 1.807) is 0 Å². The number of carbonyl (C=O) groups is 1. The summed E-state index contributed by atoms with van der Waals surface area (Å²) in [6.45, 7) is 14.9. The van der Waals surface area contributed by atoms with E-state index in [0.717, 1.165) is 31.7 Å². The van der Waals surface area contributed by atoms with Crippen molar-refractivity contribution in [2.24, 2.45) is 0 Å². The zero-order valence-electron chi connectivity index (χ0n) is 16.6. The third-order valence-corrected chi connectivity index (χ3v) is 5.01. The van der Waals surface area contributed by atoms with E-state index in [2.05, 4.69) is 57.0 Å². The van der Waals surface area contributed by atoms with Gasteiger partial charge in [-0.15, -0.1) is 0 Å². The van der Waals surface area contributed by atoms with Gasteiger partial charge in [0.25, 0.3) is 5.91 Å². The molecule has 1 aromatic rings. The monoisotopic (exact) mass is 346 g/mol. The minimum atomic E-state index is -0.483. The Kier molecular flexibility index (Phi) is 6.50. The summed E-state index contributed by atoms with van der Waals surface area (Å²) in [4.78, 5) is 14.9. The zero-order valence-corrected chi connectivity index (χ0v) is 16.6. The molecule has 2 rings (SSSR count). The van der Waals surface area contributed by atoms with Crippen LogP contribution in [-0.2, 0) is 10.2 Å². The Bertz CT molecular complexity index is 552. The van der Waals surface area contributed by atoms with E-state index in [4.69, 9.17) is 4.74 Å². The second-order valence-electron chi connectivity index (χ2n) is 8.45. The van der Waals surface area contributed by atoms with Gasteiger partial charge in [-0.2, -0.15) is 0 Å². The first-order valence-electron chi connectivity index (χ1n) is 9.48. The second kappa shape index (κ2) is 8.22. The largest absolute Gasteiger partial charge is 0.481 e. The van der Waals surface area contributed by atoms with E-state index >= 15 is 0 Å². The van der Waals surface area contributed by atoms with E-state index < -0.39 is 6.10 Å². The van der Waals surface area contributed by atoms with Crippen molar-refractivity contribution in [3.8, 4) is 5.75 Å². The van der Waals surface area contributed by atoms with Crippen LogP contribution in [0.15, 0.2) is 24.3 Å². The van der Waals surface area contributed by atoms with Gasteiger partial charge in [0.05, 0.1) is 0 Å². The molecule has 1 aliphatic rings. The van der Waals surface area contributed by atoms with E-state index in [0.29, 0.717) is 6.04 Å². The van der Waals surface area contributed by atoms with Crippen molar-refractivity contribution in [2.75, 3.05) is 13.1 Å². The van der Waals surface area contributed by atoms with Crippen molar-refractivity contribution >= 4 is 5.91 Å². The van der Waals surface area contributed by atoms with Gasteiger partial charge in [-0.25, -0.2) is 0 Å². The molecule has 140 valence electrons. The molecule has 0 radical (unpaired) electrons. The number of nitrogens with zero attached hydrogens (tertiary/aromatic N) is 1. The van der Waals surface area contributed by atoms with E-state index in [1.165, 1.54) is 5.56 Å². The fourth-order valence-corrected chi connectivity index (χ4v) is 3.17. The highest BCUT2D eigenvalue weighted by Crippen LogP contribution is 2.24. The Morgan fingerprint density at radius 3 is 2.16 bits per heavy atom. The molecule has 1 amide bonds. The van der Waals surface area contributed by atoms with Gasteiger partial charge >= 0.3 is 0 Å². The highest BCUT2D eigenvalue weighted by atomic mass is 16.5. The first-order chi connectivity index (χ1) is 11.7. The number of hydrogen-bond donors (Lipinski definition) is 1. The molecule has 0 unspecified atom stereocenters. The number of carbonyl (C=O) groups excluding carboxylic acids is 1. The molecular weight excluding hydrogens is 312 g/mol. The zero-order chi connectivity index (χ0) is 18.6. The third kappa shape index (κ3) is 5.74. The number of ether oxygens (including phenoxy) is 1. The fraction of sp³-hybridized carbons (Fsp3) is 0.667. The van der Waals surface area contributed by atoms with Gasteiger partial charge in [-0.1, -0.05) is 32.9 Å². The van der Waals surface area contributed by atoms with Crippen LogP contribution in [0, 0.1) is 0 Å². The summed E-state index contributed by atoms with van der Waals surface area (Å²) in [5, 5.41) is 3.14. The Labute approximate surface area is 152 Å². The van der Waals surface area contributed by atoms with E-state index in [-0.39, 0.29) is 17.4 Å². The number of rotatable bonds is 5. The SMILES string of the molecule is CC(C)N1CCC(NC(=O)[C@@H](C)Oc2ccc(C(C)(C)C)cc2)CC1. The van der Waals surface area contributed by atoms with Gasteiger partial charge in [0.1, 0.15) is 5.75 Å². The number of benzene rings is 1. The number of likely N-dealkylation sites (tertiary alicyclic amines) is 1. The van der Waals surface area contributed by atoms with Crippen LogP contribution < -0.4 is 10.1 Å². The van der Waals surface area contributed by atoms with Gasteiger partial charge < -0.3 is 15.0 Å². The molecule has 0 aliphatic carbocycles. The summed E-state index contributed by atoms with van der Waals surface area (Å²) in [6, 6.07) is 8.88. The lowest BCUT2D eigenvalue weighted by molar-refractivity contribution is -0.128. The first-order valence-corrected chi connectivity index (χ1v) is 9.48. The van der Waals surface area contributed by atoms with Crippen molar-refractivity contribution in [1.82, 2.24) is 10.2 Å². The highest BCUT2D eigenvalue weighted by molar-refractivity contribution is 5.81. The van der Waals surface area contributed by atoms with Crippen LogP contribution in [0.2, 0.25) is 0 Å². The summed E-state index contributed by atoms with van der Waals surface area (Å²) in [6.07, 6.45) is 1.54. The van der Waals surface area contributed by atoms with E-state index in [1.807, 2.05) is 19.1 Å². The summed E-state index contributed by atoms with van der Waals surface area (Å²) in [7, 11) is 0. The lowest BCUT2D eigenvalue weighted by atomic mass is 9.87. The van der Waals surface area contributed by atoms with Crippen molar-refractivity contribution < 1.29 is 9.53 Å². The van der Waals surface area contributed by atoms with Crippen LogP contribution in [0.1, 0.15) is 59.9 Å². The van der Waals surface area contributed by atoms with Crippen LogP contribution in [0.25, 0.3) is 0 Å². The summed E-state index contributed by atoms with van der Waals surface area (Å²) >= 11 is 0. The molecule has 1 heterocycles. The summed E-state index contributed by atoms with van der Waals surface area (Å²) in [5.41, 5.74) is 1.38. The molecule has 0 spiro atoms. The first kappa shape index (κ1) is 19.8. The standard InChI is InChI=1S/C21H34N2O2/c1-15(2)23-13-11-18(12-14-23)22-20(24)16(3)25-19-9-7-17(8-10-19)21(4,5)6/h7-10,15-16,18H,11-14H2,1-6H3,(H,22,24)/t16-/m1/s1. The van der Waals surface area contributed by atoms with Gasteiger partial charge in [0.15, 0.2) is 6.10 Å². The van der Waals surface area contributed by atoms with Crippen LogP contribution in [0.5, 0.6) is 5.75 Å². The normalized spacial score (nSPS) is 18.2. The van der Waals surface area contributed by atoms with Crippen molar-refractivity contribution in [3.63, 3.8) is 0 Å². The predicted octanol–water partition coefficient (Wildman–Crippen LogP) is 3.74. The average Bonchev–Trinajstić information content (AvgIpc) is 2.55. The highest BCUT2D eigenvalue weighted by Gasteiger charge is 2.24. The van der Waals surface area contributed by atoms with Crippen LogP contribution in [-0.4, -0.2) is 42.1 Å². The molecule has 1 saturated heterocycles. The number of amides is 1. The molecule has 4 heteroatoms. The molecule has 1 atom stereocenters. The Morgan fingerprint density at radius 2 is 1.68 bits per heavy atom. The Balaban J connectivity index is 1.82. The number of piperidine rings is 1. The minimum Gasteiger partial charge on any atom is -0.481 e. The molecule has 25 heavy (non-hydrogen) atoms. The molecule has 1 N–H and O–H groups in total. The minimum absolute atomic E-state index is 0.0251. The summed E-state index contributed by atoms with van der Waals surface area (Å²) < 4.78 is 5.82. The molecule has 0 bridgehead atoms. The summed E-state index contributed by atoms with van der Waals surface area (Å²) in [5.74, 6) is 0.716. The molecule has 1 aromatic carbocycles. The van der Waals surface area contributed by atoms with Crippen molar-refractivity contribution in [1.29, 1.82) is 0 Å². The maximum Gasteiger partial charge on any atom is 0.260 e. The molecular formula is C21H34N2O2. The molecule has 0 aromatic heterocycles. The second-order valence-corrected chi connectivity index (χ2v) is 8.45. The van der Waals surface area contributed by atoms with Gasteiger partial charge in [0.2, 0.25) is 0 Å². The van der Waals surface area contributed by atoms with Crippen LogP contribution >= 0.6 is 0 Å². The number of nitrogens with one attached hydrogen (secondary N) is 1. The maximum atomic E-state index is 12.4. The van der Waals surface area contributed by atoms with Crippen molar-refractivity contribution in [2.45, 2.75) is 78.0 Å². The lowest BCUT2D eigenvalue weighted by Crippen LogP contribution is -2.49. The number of hydrogen-bond acceptors (Lipinski definition) is 3. The fourth-order valence-electron chi connectivity index (χ4n) is 3.17. The third-order valence-electron chi connectivity index (χ3n) is 5.01.